The highest BCUT2D eigenvalue weighted by Crippen LogP contribution is 2.24. The number of nitrogens with one attached hydrogen (secondary N) is 1. The zero-order valence-corrected chi connectivity index (χ0v) is 18.9. The summed E-state index contributed by atoms with van der Waals surface area (Å²) in [4.78, 5) is 20.8. The van der Waals surface area contributed by atoms with Crippen LogP contribution in [0.4, 0.5) is 0 Å². The molecular weight excluding hydrogens is 483 g/mol. The number of hydrogen-bond acceptors (Lipinski definition) is 4. The molecular formula is C21H25IN4O3. The first-order valence-corrected chi connectivity index (χ1v) is 9.42. The highest BCUT2D eigenvalue weighted by atomic mass is 127. The third kappa shape index (κ3) is 4.42. The summed E-state index contributed by atoms with van der Waals surface area (Å²) in [6.07, 6.45) is 1.52. The number of benzene rings is 1. The van der Waals surface area contributed by atoms with Gasteiger partial charge in [0, 0.05) is 44.2 Å². The first-order chi connectivity index (χ1) is 13.7. The molecule has 3 heterocycles. The van der Waals surface area contributed by atoms with Crippen molar-refractivity contribution in [2.75, 3.05) is 33.2 Å². The van der Waals surface area contributed by atoms with Gasteiger partial charge in [0.05, 0.1) is 12.8 Å². The molecule has 1 amide bonds. The van der Waals surface area contributed by atoms with Gasteiger partial charge in [0.25, 0.3) is 5.91 Å². The molecule has 4 rings (SSSR count). The number of aliphatic imine (C=N–C) groups is 1. The maximum Gasteiger partial charge on any atom is 0.289 e. The van der Waals surface area contributed by atoms with Crippen molar-refractivity contribution >= 4 is 46.8 Å². The summed E-state index contributed by atoms with van der Waals surface area (Å²) in [5.41, 5.74) is 2.05. The Bertz CT molecular complexity index is 989. The average Bonchev–Trinajstić information content (AvgIpc) is 3.38. The Morgan fingerprint density at radius 2 is 1.83 bits per heavy atom. The summed E-state index contributed by atoms with van der Waals surface area (Å²) < 4.78 is 11.2. The predicted molar refractivity (Wildman–Crippen MR) is 123 cm³/mol. The second-order valence-corrected chi connectivity index (χ2v) is 6.80. The van der Waals surface area contributed by atoms with E-state index in [-0.39, 0.29) is 29.9 Å². The largest absolute Gasteiger partial charge is 0.459 e. The fraction of sp³-hybridized carbons (Fsp3) is 0.333. The van der Waals surface area contributed by atoms with E-state index in [9.17, 15) is 4.79 Å². The summed E-state index contributed by atoms with van der Waals surface area (Å²) in [6.45, 7) is 5.33. The molecule has 7 nitrogen and oxygen atoms in total. The van der Waals surface area contributed by atoms with E-state index in [1.54, 1.807) is 19.2 Å². The minimum Gasteiger partial charge on any atom is -0.459 e. The Morgan fingerprint density at radius 1 is 1.10 bits per heavy atom. The number of para-hydroxylation sites is 1. The molecule has 3 aromatic rings. The molecule has 0 radical (unpaired) electrons. The zero-order chi connectivity index (χ0) is 19.5. The highest BCUT2D eigenvalue weighted by molar-refractivity contribution is 14.0. The number of rotatable bonds is 3. The topological polar surface area (TPSA) is 74.2 Å². The molecule has 1 fully saturated rings. The standard InChI is InChI=1S/C21H24N4O3.HI/c1-15-16-6-3-4-7-17(16)28-19(15)14-23-21(22-2)25-11-9-24(10-12-25)20(26)18-8-5-13-27-18;/h3-8,13H,9-12,14H2,1-2H3,(H,22,23);1H. The van der Waals surface area contributed by atoms with Crippen molar-refractivity contribution < 1.29 is 13.6 Å². The predicted octanol–water partition coefficient (Wildman–Crippen LogP) is 3.49. The Morgan fingerprint density at radius 3 is 2.48 bits per heavy atom. The molecule has 29 heavy (non-hydrogen) atoms. The van der Waals surface area contributed by atoms with Crippen LogP contribution in [-0.4, -0.2) is 54.9 Å². The van der Waals surface area contributed by atoms with Crippen LogP contribution >= 0.6 is 24.0 Å². The Kier molecular flexibility index (Phi) is 6.83. The van der Waals surface area contributed by atoms with Crippen LogP contribution in [0.3, 0.4) is 0 Å². The number of nitrogens with zero attached hydrogens (tertiary/aromatic N) is 3. The number of piperazine rings is 1. The Labute approximate surface area is 186 Å². The fourth-order valence-corrected chi connectivity index (χ4v) is 3.56. The first kappa shape index (κ1) is 21.2. The molecule has 0 saturated carbocycles. The lowest BCUT2D eigenvalue weighted by Crippen LogP contribution is -2.53. The summed E-state index contributed by atoms with van der Waals surface area (Å²) >= 11 is 0. The van der Waals surface area contributed by atoms with Gasteiger partial charge in [-0.25, -0.2) is 0 Å². The molecule has 1 aliphatic rings. The van der Waals surface area contributed by atoms with Crippen LogP contribution in [0.5, 0.6) is 0 Å². The third-order valence-corrected chi connectivity index (χ3v) is 5.16. The van der Waals surface area contributed by atoms with Crippen LogP contribution in [0.15, 0.2) is 56.5 Å². The van der Waals surface area contributed by atoms with Crippen LogP contribution in [0.25, 0.3) is 11.0 Å². The van der Waals surface area contributed by atoms with Crippen LogP contribution in [-0.2, 0) is 6.54 Å². The number of fused-ring (bicyclic) bond motifs is 1. The van der Waals surface area contributed by atoms with Gasteiger partial charge in [0.1, 0.15) is 11.3 Å². The molecule has 1 aromatic carbocycles. The van der Waals surface area contributed by atoms with Gasteiger partial charge in [-0.2, -0.15) is 0 Å². The smallest absolute Gasteiger partial charge is 0.289 e. The lowest BCUT2D eigenvalue weighted by Gasteiger charge is -2.36. The second kappa shape index (κ2) is 9.34. The second-order valence-electron chi connectivity index (χ2n) is 6.80. The zero-order valence-electron chi connectivity index (χ0n) is 16.6. The van der Waals surface area contributed by atoms with Crippen LogP contribution in [0.1, 0.15) is 21.9 Å². The molecule has 1 N–H and O–H groups in total. The molecule has 0 unspecified atom stereocenters. The van der Waals surface area contributed by atoms with Crippen molar-refractivity contribution in [1.29, 1.82) is 0 Å². The number of amides is 1. The molecule has 8 heteroatoms. The maximum absolute atomic E-state index is 12.4. The van der Waals surface area contributed by atoms with Crippen molar-refractivity contribution in [1.82, 2.24) is 15.1 Å². The number of aryl methyl sites for hydroxylation is 1. The van der Waals surface area contributed by atoms with Crippen LogP contribution < -0.4 is 5.32 Å². The quantitative estimate of drug-likeness (QED) is 0.333. The normalized spacial score (nSPS) is 14.8. The highest BCUT2D eigenvalue weighted by Gasteiger charge is 2.25. The summed E-state index contributed by atoms with van der Waals surface area (Å²) in [5.74, 6) is 2.04. The van der Waals surface area contributed by atoms with E-state index >= 15 is 0 Å². The van der Waals surface area contributed by atoms with Gasteiger partial charge in [-0.3, -0.25) is 9.79 Å². The van der Waals surface area contributed by atoms with Crippen LogP contribution in [0, 0.1) is 6.92 Å². The van der Waals surface area contributed by atoms with E-state index < -0.39 is 0 Å². The van der Waals surface area contributed by atoms with E-state index in [2.05, 4.69) is 28.2 Å². The number of carbonyl (C=O) groups is 1. The van der Waals surface area contributed by atoms with Crippen molar-refractivity contribution in [2.24, 2.45) is 4.99 Å². The summed E-state index contributed by atoms with van der Waals surface area (Å²) in [7, 11) is 1.77. The minimum absolute atomic E-state index is 0. The number of guanidine groups is 1. The number of halogens is 1. The molecule has 0 aliphatic carbocycles. The first-order valence-electron chi connectivity index (χ1n) is 9.42. The van der Waals surface area contributed by atoms with E-state index in [1.807, 2.05) is 23.1 Å². The van der Waals surface area contributed by atoms with E-state index in [0.29, 0.717) is 38.5 Å². The lowest BCUT2D eigenvalue weighted by molar-refractivity contribution is 0.0657. The van der Waals surface area contributed by atoms with Gasteiger partial charge in [-0.15, -0.1) is 24.0 Å². The Balaban J connectivity index is 0.00000240. The van der Waals surface area contributed by atoms with E-state index in [0.717, 1.165) is 28.3 Å². The number of hydrogen-bond donors (Lipinski definition) is 1. The fourth-order valence-electron chi connectivity index (χ4n) is 3.56. The van der Waals surface area contributed by atoms with Crippen molar-refractivity contribution in [3.05, 3.63) is 59.7 Å². The third-order valence-electron chi connectivity index (χ3n) is 5.16. The lowest BCUT2D eigenvalue weighted by atomic mass is 10.1. The molecule has 0 bridgehead atoms. The van der Waals surface area contributed by atoms with E-state index in [1.165, 1.54) is 6.26 Å². The number of furan rings is 2. The monoisotopic (exact) mass is 508 g/mol. The van der Waals surface area contributed by atoms with E-state index in [4.69, 9.17) is 8.83 Å². The van der Waals surface area contributed by atoms with Crippen molar-refractivity contribution in [3.63, 3.8) is 0 Å². The average molecular weight is 508 g/mol. The SMILES string of the molecule is CN=C(NCc1oc2ccccc2c1C)N1CCN(C(=O)c2ccco2)CC1.I. The summed E-state index contributed by atoms with van der Waals surface area (Å²) in [6, 6.07) is 11.5. The van der Waals surface area contributed by atoms with Gasteiger partial charge in [-0.05, 0) is 25.1 Å². The number of carbonyl (C=O) groups excluding carboxylic acids is 1. The summed E-state index contributed by atoms with van der Waals surface area (Å²) in [5, 5.41) is 4.53. The van der Waals surface area contributed by atoms with Gasteiger partial charge >= 0.3 is 0 Å². The molecule has 1 saturated heterocycles. The molecule has 1 aliphatic heterocycles. The van der Waals surface area contributed by atoms with Gasteiger partial charge in [0.2, 0.25) is 0 Å². The molecule has 0 spiro atoms. The van der Waals surface area contributed by atoms with Crippen molar-refractivity contribution in [3.8, 4) is 0 Å². The van der Waals surface area contributed by atoms with Crippen LogP contribution in [0.2, 0.25) is 0 Å². The molecule has 0 atom stereocenters. The van der Waals surface area contributed by atoms with Gasteiger partial charge in [0.15, 0.2) is 11.7 Å². The maximum atomic E-state index is 12.4. The van der Waals surface area contributed by atoms with Gasteiger partial charge in [-0.1, -0.05) is 18.2 Å². The van der Waals surface area contributed by atoms with Gasteiger partial charge < -0.3 is 24.0 Å². The molecule has 2 aromatic heterocycles. The Hall–Kier alpha value is -2.49. The van der Waals surface area contributed by atoms with Crippen molar-refractivity contribution in [2.45, 2.75) is 13.5 Å². The minimum atomic E-state index is -0.0644. The molecule has 154 valence electrons.